The van der Waals surface area contributed by atoms with Crippen LogP contribution in [0.2, 0.25) is 0 Å². The van der Waals surface area contributed by atoms with E-state index in [1.165, 1.54) is 0 Å². The topological polar surface area (TPSA) is 72.8 Å². The van der Waals surface area contributed by atoms with Crippen LogP contribution in [-0.2, 0) is 19.1 Å². The maximum Gasteiger partial charge on any atom is 0.311 e. The molecule has 92 valence electrons. The second-order valence-corrected chi connectivity index (χ2v) is 5.72. The Kier molecular flexibility index (Phi) is 1.75. The van der Waals surface area contributed by atoms with Crippen molar-refractivity contribution in [2.45, 2.75) is 19.1 Å². The van der Waals surface area contributed by atoms with Crippen LogP contribution in [0.3, 0.4) is 0 Å². The minimum Gasteiger partial charge on any atom is -0.465 e. The molecule has 5 heteroatoms. The molecule has 1 N–H and O–H groups in total. The molecule has 2 aliphatic heterocycles. The highest BCUT2D eigenvalue weighted by Gasteiger charge is 2.65. The van der Waals surface area contributed by atoms with Crippen molar-refractivity contribution in [1.82, 2.24) is 0 Å². The Bertz CT molecular complexity index is 406. The second kappa shape index (κ2) is 3.02. The van der Waals surface area contributed by atoms with E-state index in [-0.39, 0.29) is 41.5 Å². The summed E-state index contributed by atoms with van der Waals surface area (Å²) in [7, 11) is 0. The number of hydrogen-bond donors (Lipinski definition) is 1. The van der Waals surface area contributed by atoms with Crippen LogP contribution >= 0.6 is 0 Å². The Morgan fingerprint density at radius 3 is 2.65 bits per heavy atom. The summed E-state index contributed by atoms with van der Waals surface area (Å²) >= 11 is 0. The summed E-state index contributed by atoms with van der Waals surface area (Å²) in [6.07, 6.45) is 0.514. The number of esters is 2. The van der Waals surface area contributed by atoms with Crippen LogP contribution in [0.5, 0.6) is 0 Å². The smallest absolute Gasteiger partial charge is 0.311 e. The summed E-state index contributed by atoms with van der Waals surface area (Å²) in [6, 6.07) is 0. The number of ether oxygens (including phenoxy) is 2. The minimum absolute atomic E-state index is 0.00667. The molecule has 7 atom stereocenters. The third kappa shape index (κ3) is 1.08. The lowest BCUT2D eigenvalue weighted by atomic mass is 9.84. The Hall–Kier alpha value is -1.10. The largest absolute Gasteiger partial charge is 0.465 e. The van der Waals surface area contributed by atoms with Crippen molar-refractivity contribution < 1.29 is 24.2 Å². The zero-order valence-corrected chi connectivity index (χ0v) is 9.24. The average molecular weight is 238 g/mol. The predicted octanol–water partition coefficient (Wildman–Crippen LogP) is -0.0770. The van der Waals surface area contributed by atoms with Crippen molar-refractivity contribution in [2.24, 2.45) is 35.5 Å². The second-order valence-electron chi connectivity index (χ2n) is 5.72. The molecular weight excluding hydrogens is 224 g/mol. The molecule has 17 heavy (non-hydrogen) atoms. The zero-order chi connectivity index (χ0) is 11.7. The van der Waals surface area contributed by atoms with Crippen LogP contribution in [0.15, 0.2) is 0 Å². The van der Waals surface area contributed by atoms with Crippen molar-refractivity contribution >= 4 is 11.9 Å². The number of rotatable bonds is 0. The molecule has 0 spiro atoms. The van der Waals surface area contributed by atoms with Gasteiger partial charge in [0.05, 0.1) is 18.4 Å². The number of cyclic esters (lactones) is 2. The minimum atomic E-state index is -0.983. The molecule has 0 amide bonds. The molecule has 4 fully saturated rings. The molecule has 0 aromatic rings. The van der Waals surface area contributed by atoms with Crippen molar-refractivity contribution in [2.75, 3.05) is 6.61 Å². The third-order valence-corrected chi connectivity index (χ3v) is 5.14. The number of hydrogen-bond acceptors (Lipinski definition) is 5. The summed E-state index contributed by atoms with van der Waals surface area (Å²) in [4.78, 5) is 23.5. The Labute approximate surface area is 98.1 Å². The van der Waals surface area contributed by atoms with Crippen LogP contribution in [0.4, 0.5) is 0 Å². The van der Waals surface area contributed by atoms with E-state index in [9.17, 15) is 14.7 Å². The third-order valence-electron chi connectivity index (χ3n) is 5.14. The zero-order valence-electron chi connectivity index (χ0n) is 9.24. The van der Waals surface area contributed by atoms with E-state index in [0.29, 0.717) is 18.9 Å². The van der Waals surface area contributed by atoms with Gasteiger partial charge >= 0.3 is 11.9 Å². The lowest BCUT2D eigenvalue weighted by Gasteiger charge is -2.31. The quantitative estimate of drug-likeness (QED) is 0.472. The number of aliphatic hydroxyl groups excluding tert-OH is 1. The fraction of sp³-hybridized carbons (Fsp3) is 0.833. The van der Waals surface area contributed by atoms with E-state index >= 15 is 0 Å². The average Bonchev–Trinajstić information content (AvgIpc) is 2.78. The van der Waals surface area contributed by atoms with Gasteiger partial charge in [0.2, 0.25) is 6.29 Å². The van der Waals surface area contributed by atoms with Crippen molar-refractivity contribution in [3.8, 4) is 0 Å². The lowest BCUT2D eigenvalue weighted by molar-refractivity contribution is -0.193. The van der Waals surface area contributed by atoms with E-state index < -0.39 is 6.29 Å². The van der Waals surface area contributed by atoms with Crippen molar-refractivity contribution in [3.63, 3.8) is 0 Å². The number of carbonyl (C=O) groups is 2. The summed E-state index contributed by atoms with van der Waals surface area (Å²) in [5.74, 6) is -0.262. The van der Waals surface area contributed by atoms with E-state index in [1.54, 1.807) is 0 Å². The van der Waals surface area contributed by atoms with Gasteiger partial charge in [-0.2, -0.15) is 0 Å². The van der Waals surface area contributed by atoms with Crippen LogP contribution in [0.1, 0.15) is 12.8 Å². The first-order valence-electron chi connectivity index (χ1n) is 6.22. The van der Waals surface area contributed by atoms with E-state index in [4.69, 9.17) is 9.47 Å². The molecule has 4 rings (SSSR count). The first kappa shape index (κ1) is 9.88. The molecule has 2 saturated heterocycles. The van der Waals surface area contributed by atoms with Gasteiger partial charge in [-0.05, 0) is 30.6 Å². The summed E-state index contributed by atoms with van der Waals surface area (Å²) in [5, 5.41) is 9.83. The van der Waals surface area contributed by atoms with E-state index in [1.807, 2.05) is 0 Å². The van der Waals surface area contributed by atoms with Gasteiger partial charge in [0.1, 0.15) is 0 Å². The molecule has 0 radical (unpaired) electrons. The van der Waals surface area contributed by atoms with E-state index in [0.717, 1.165) is 6.42 Å². The number of carbonyl (C=O) groups excluding carboxylic acids is 2. The Morgan fingerprint density at radius 1 is 1.06 bits per heavy atom. The standard InChI is InChI=1S/C12H14O5/c13-10-5-1-4(3-16-10)8-6-2-7(9(5)8)12(15)17-11(6)14/h4-9,11,14H,1-3H2. The molecule has 5 nitrogen and oxygen atoms in total. The molecule has 2 aliphatic carbocycles. The summed E-state index contributed by atoms with van der Waals surface area (Å²) in [6.45, 7) is 0.445. The maximum absolute atomic E-state index is 11.8. The van der Waals surface area contributed by atoms with Gasteiger partial charge in [-0.1, -0.05) is 0 Å². The highest BCUT2D eigenvalue weighted by atomic mass is 16.6. The molecule has 0 aromatic heterocycles. The predicted molar refractivity (Wildman–Crippen MR) is 53.2 cm³/mol. The fourth-order valence-corrected chi connectivity index (χ4v) is 4.60. The normalized spacial score (nSPS) is 55.2. The van der Waals surface area contributed by atoms with Gasteiger partial charge in [-0.3, -0.25) is 9.59 Å². The fourth-order valence-electron chi connectivity index (χ4n) is 4.60. The van der Waals surface area contributed by atoms with Gasteiger partial charge in [0, 0.05) is 5.92 Å². The lowest BCUT2D eigenvalue weighted by Crippen LogP contribution is -2.38. The van der Waals surface area contributed by atoms with Gasteiger partial charge in [0.15, 0.2) is 0 Å². The molecule has 4 aliphatic rings. The van der Waals surface area contributed by atoms with Crippen molar-refractivity contribution in [3.05, 3.63) is 0 Å². The van der Waals surface area contributed by atoms with Crippen LogP contribution < -0.4 is 0 Å². The highest BCUT2D eigenvalue weighted by Crippen LogP contribution is 2.61. The Balaban J connectivity index is 1.78. The maximum atomic E-state index is 11.8. The highest BCUT2D eigenvalue weighted by molar-refractivity contribution is 5.79. The van der Waals surface area contributed by atoms with Gasteiger partial charge in [0.25, 0.3) is 0 Å². The van der Waals surface area contributed by atoms with E-state index in [2.05, 4.69) is 0 Å². The number of fused-ring (bicyclic) bond motifs is 9. The van der Waals surface area contributed by atoms with Crippen LogP contribution in [0.25, 0.3) is 0 Å². The first-order chi connectivity index (χ1) is 8.16. The van der Waals surface area contributed by atoms with Crippen LogP contribution in [0, 0.1) is 35.5 Å². The van der Waals surface area contributed by atoms with Gasteiger partial charge in [-0.15, -0.1) is 0 Å². The summed E-state index contributed by atoms with van der Waals surface area (Å²) < 4.78 is 10.1. The monoisotopic (exact) mass is 238 g/mol. The molecular formula is C12H14O5. The van der Waals surface area contributed by atoms with Crippen LogP contribution in [-0.4, -0.2) is 29.9 Å². The Morgan fingerprint density at radius 2 is 1.82 bits per heavy atom. The molecule has 4 bridgehead atoms. The van der Waals surface area contributed by atoms with Gasteiger partial charge in [-0.25, -0.2) is 0 Å². The molecule has 7 unspecified atom stereocenters. The number of aliphatic hydroxyl groups is 1. The van der Waals surface area contributed by atoms with Gasteiger partial charge < -0.3 is 14.6 Å². The molecule has 2 saturated carbocycles. The molecule has 2 heterocycles. The molecule has 0 aromatic carbocycles. The SMILES string of the molecule is O=C1OCC2CC1C1C3CC(C(O)OC3=O)C21. The first-order valence-corrected chi connectivity index (χ1v) is 6.22. The van der Waals surface area contributed by atoms with Crippen molar-refractivity contribution in [1.29, 1.82) is 0 Å². The summed E-state index contributed by atoms with van der Waals surface area (Å²) in [5.41, 5.74) is 0.